The van der Waals surface area contributed by atoms with Crippen LogP contribution in [0.15, 0.2) is 53.8 Å². The predicted molar refractivity (Wildman–Crippen MR) is 96.4 cm³/mol. The van der Waals surface area contributed by atoms with Crippen LogP contribution in [0.1, 0.15) is 0 Å². The lowest BCUT2D eigenvalue weighted by Gasteiger charge is -2.49. The smallest absolute Gasteiger partial charge is 0.352 e. The lowest BCUT2D eigenvalue weighted by molar-refractivity contribution is -0.150. The van der Waals surface area contributed by atoms with Crippen molar-refractivity contribution in [1.29, 1.82) is 5.26 Å². The van der Waals surface area contributed by atoms with Crippen LogP contribution >= 0.6 is 11.8 Å². The minimum atomic E-state index is -1.25. The predicted octanol–water partition coefficient (Wildman–Crippen LogP) is 0.884. The summed E-state index contributed by atoms with van der Waals surface area (Å²) in [5.41, 5.74) is 0.233. The van der Waals surface area contributed by atoms with E-state index in [1.165, 1.54) is 23.9 Å². The molecule has 2 atom stereocenters. The van der Waals surface area contributed by atoms with Gasteiger partial charge < -0.3 is 15.2 Å². The van der Waals surface area contributed by atoms with Gasteiger partial charge in [-0.2, -0.15) is 5.26 Å². The number of hydrogen-bond acceptors (Lipinski definition) is 6. The Bertz CT molecular complexity index is 875. The van der Waals surface area contributed by atoms with Gasteiger partial charge in [0.1, 0.15) is 22.9 Å². The molecular weight excluding hydrogens is 370 g/mol. The third kappa shape index (κ3) is 3.80. The van der Waals surface area contributed by atoms with E-state index in [1.54, 1.807) is 30.3 Å². The summed E-state index contributed by atoms with van der Waals surface area (Å²) >= 11 is 1.33. The molecule has 9 heteroatoms. The molecule has 2 amide bonds. The number of nitrogens with one attached hydrogen (secondary N) is 1. The first-order valence-electron chi connectivity index (χ1n) is 7.97. The second kappa shape index (κ2) is 7.97. The van der Waals surface area contributed by atoms with Gasteiger partial charge >= 0.3 is 5.97 Å². The van der Waals surface area contributed by atoms with E-state index in [0.717, 1.165) is 4.90 Å². The number of nitrogens with zero attached hydrogens (tertiary/aromatic N) is 2. The number of hydrogen-bond donors (Lipinski definition) is 2. The summed E-state index contributed by atoms with van der Waals surface area (Å²) in [6.45, 7) is -0.247. The summed E-state index contributed by atoms with van der Waals surface area (Å²) in [7, 11) is 0. The minimum absolute atomic E-state index is 0.152. The van der Waals surface area contributed by atoms with Crippen molar-refractivity contribution in [3.05, 3.63) is 53.8 Å². The van der Waals surface area contributed by atoms with Gasteiger partial charge in [0.25, 0.3) is 11.8 Å². The third-order valence-corrected chi connectivity index (χ3v) is 5.29. The Morgan fingerprint density at radius 3 is 2.81 bits per heavy atom. The molecule has 1 saturated heterocycles. The molecule has 2 N–H and O–H groups in total. The quantitative estimate of drug-likeness (QED) is 0.551. The normalized spacial score (nSPS) is 21.3. The molecule has 0 saturated carbocycles. The topological polar surface area (TPSA) is 120 Å². The number of carboxylic acids is 1. The lowest BCUT2D eigenvalue weighted by atomic mass is 10.0. The third-order valence-electron chi connectivity index (χ3n) is 3.99. The van der Waals surface area contributed by atoms with Crippen molar-refractivity contribution < 1.29 is 24.2 Å². The van der Waals surface area contributed by atoms with E-state index >= 15 is 0 Å². The van der Waals surface area contributed by atoms with Crippen molar-refractivity contribution in [2.24, 2.45) is 0 Å². The Hall–Kier alpha value is -3.25. The number of carboxylic acid groups (broad SMARTS) is 1. The fourth-order valence-corrected chi connectivity index (χ4v) is 4.11. The maximum absolute atomic E-state index is 12.4. The van der Waals surface area contributed by atoms with Gasteiger partial charge in [-0.15, -0.1) is 11.8 Å². The van der Waals surface area contributed by atoms with Gasteiger partial charge in [-0.25, -0.2) is 4.79 Å². The number of benzene rings is 1. The molecule has 138 valence electrons. The van der Waals surface area contributed by atoms with Crippen molar-refractivity contribution in [1.82, 2.24) is 10.2 Å². The molecular formula is C18H15N3O5S. The van der Waals surface area contributed by atoms with E-state index in [9.17, 15) is 19.5 Å². The highest BCUT2D eigenvalue weighted by atomic mass is 32.2. The minimum Gasteiger partial charge on any atom is -0.484 e. The monoisotopic (exact) mass is 385 g/mol. The molecule has 0 bridgehead atoms. The molecule has 8 nitrogen and oxygen atoms in total. The van der Waals surface area contributed by atoms with E-state index in [4.69, 9.17) is 10.00 Å². The van der Waals surface area contributed by atoms with Gasteiger partial charge in [0.05, 0.1) is 6.07 Å². The lowest BCUT2D eigenvalue weighted by Crippen LogP contribution is -2.70. The number of fused-ring (bicyclic) bond motifs is 1. The van der Waals surface area contributed by atoms with Crippen LogP contribution in [-0.4, -0.2) is 51.6 Å². The summed E-state index contributed by atoms with van der Waals surface area (Å²) in [6.07, 6.45) is 2.56. The molecule has 1 fully saturated rings. The van der Waals surface area contributed by atoms with Gasteiger partial charge in [-0.3, -0.25) is 14.5 Å². The molecule has 2 aliphatic heterocycles. The molecule has 0 aromatic heterocycles. The molecule has 0 spiro atoms. The molecule has 2 heterocycles. The number of carbonyl (C=O) groups excluding carboxylic acids is 2. The largest absolute Gasteiger partial charge is 0.484 e. The van der Waals surface area contributed by atoms with Crippen LogP contribution in [0.2, 0.25) is 0 Å². The van der Waals surface area contributed by atoms with Crippen LogP contribution in [-0.2, 0) is 14.4 Å². The number of rotatable bonds is 6. The Morgan fingerprint density at radius 2 is 2.15 bits per heavy atom. The molecule has 3 rings (SSSR count). The van der Waals surface area contributed by atoms with Gasteiger partial charge in [-0.05, 0) is 23.8 Å². The molecule has 2 aliphatic rings. The van der Waals surface area contributed by atoms with Gasteiger partial charge in [0.15, 0.2) is 6.61 Å². The number of β-lactam (4-membered cyclic amide) rings is 1. The number of ether oxygens (including phenoxy) is 1. The highest BCUT2D eigenvalue weighted by Gasteiger charge is 2.53. The molecule has 0 radical (unpaired) electrons. The highest BCUT2D eigenvalue weighted by molar-refractivity contribution is 8.00. The van der Waals surface area contributed by atoms with E-state index in [1.807, 2.05) is 6.07 Å². The average molecular weight is 385 g/mol. The standard InChI is InChI=1S/C18H15N3O5S/c19-8-4-5-11-10-27-17-14(16(23)21(17)15(11)18(24)25)20-13(22)9-26-12-6-2-1-3-7-12/h1-7,14,17H,9-10H2,(H,20,22)(H,24,25)/t14?,17-/m1/s1. The van der Waals surface area contributed by atoms with E-state index < -0.39 is 29.2 Å². The maximum Gasteiger partial charge on any atom is 0.352 e. The Labute approximate surface area is 159 Å². The van der Waals surface area contributed by atoms with Crippen LogP contribution in [0, 0.1) is 11.3 Å². The fraction of sp³-hybridized carbons (Fsp3) is 0.222. The van der Waals surface area contributed by atoms with Crippen molar-refractivity contribution in [2.75, 3.05) is 12.4 Å². The average Bonchev–Trinajstić information content (AvgIpc) is 2.68. The van der Waals surface area contributed by atoms with Gasteiger partial charge in [0, 0.05) is 11.8 Å². The number of thioether (sulfide) groups is 1. The second-order valence-electron chi connectivity index (χ2n) is 5.70. The van der Waals surface area contributed by atoms with Crippen LogP contribution in [0.4, 0.5) is 0 Å². The zero-order valence-electron chi connectivity index (χ0n) is 14.0. The van der Waals surface area contributed by atoms with Gasteiger partial charge in [0.2, 0.25) is 0 Å². The number of para-hydroxylation sites is 1. The summed E-state index contributed by atoms with van der Waals surface area (Å²) in [4.78, 5) is 37.2. The van der Waals surface area contributed by atoms with Crippen molar-refractivity contribution in [3.8, 4) is 11.8 Å². The maximum atomic E-state index is 12.4. The van der Waals surface area contributed by atoms with Crippen LogP contribution < -0.4 is 10.1 Å². The first-order chi connectivity index (χ1) is 13.0. The van der Waals surface area contributed by atoms with Crippen LogP contribution in [0.3, 0.4) is 0 Å². The Morgan fingerprint density at radius 1 is 1.41 bits per heavy atom. The Balaban J connectivity index is 1.65. The number of carbonyl (C=O) groups is 3. The number of aliphatic carboxylic acids is 1. The molecule has 1 unspecified atom stereocenters. The van der Waals surface area contributed by atoms with E-state index in [0.29, 0.717) is 17.1 Å². The SMILES string of the molecule is N#CC=CC1=C(C(=O)O)N2C(=O)C(NC(=O)COc3ccccc3)[C@H]2SC1. The fourth-order valence-electron chi connectivity index (χ4n) is 2.79. The summed E-state index contributed by atoms with van der Waals surface area (Å²) in [6, 6.07) is 9.78. The van der Waals surface area contributed by atoms with Crippen LogP contribution in [0.25, 0.3) is 0 Å². The first kappa shape index (κ1) is 18.5. The Kier molecular flexibility index (Phi) is 5.47. The number of nitriles is 1. The first-order valence-corrected chi connectivity index (χ1v) is 9.02. The summed E-state index contributed by atoms with van der Waals surface area (Å²) < 4.78 is 5.34. The molecule has 27 heavy (non-hydrogen) atoms. The van der Waals surface area contributed by atoms with E-state index in [2.05, 4.69) is 5.32 Å². The molecule has 1 aromatic rings. The zero-order chi connectivity index (χ0) is 19.4. The molecule has 0 aliphatic carbocycles. The highest BCUT2D eigenvalue weighted by Crippen LogP contribution is 2.40. The zero-order valence-corrected chi connectivity index (χ0v) is 14.8. The molecule has 1 aromatic carbocycles. The number of amides is 2. The summed E-state index contributed by atoms with van der Waals surface area (Å²) in [5, 5.41) is 20.2. The number of allylic oxidation sites excluding steroid dienone is 2. The van der Waals surface area contributed by atoms with Crippen molar-refractivity contribution >= 4 is 29.5 Å². The van der Waals surface area contributed by atoms with E-state index in [-0.39, 0.29) is 12.3 Å². The van der Waals surface area contributed by atoms with Gasteiger partial charge in [-0.1, -0.05) is 18.2 Å². The summed E-state index contributed by atoms with van der Waals surface area (Å²) in [5.74, 6) is -1.36. The van der Waals surface area contributed by atoms with Crippen LogP contribution in [0.5, 0.6) is 5.75 Å². The van der Waals surface area contributed by atoms with Crippen molar-refractivity contribution in [2.45, 2.75) is 11.4 Å². The van der Waals surface area contributed by atoms with Crippen molar-refractivity contribution in [3.63, 3.8) is 0 Å². The second-order valence-corrected chi connectivity index (χ2v) is 6.80.